The van der Waals surface area contributed by atoms with Crippen molar-refractivity contribution in [2.75, 3.05) is 17.6 Å². The lowest BCUT2D eigenvalue weighted by molar-refractivity contribution is 0.0944. The first kappa shape index (κ1) is 17.8. The fourth-order valence-electron chi connectivity index (χ4n) is 2.63. The molecule has 7 heteroatoms. The Kier molecular flexibility index (Phi) is 5.38. The van der Waals surface area contributed by atoms with Gasteiger partial charge in [0, 0.05) is 11.4 Å². The highest BCUT2D eigenvalue weighted by atomic mass is 32.1. The van der Waals surface area contributed by atoms with Crippen LogP contribution in [0.25, 0.3) is 0 Å². The van der Waals surface area contributed by atoms with Gasteiger partial charge in [-0.1, -0.05) is 18.2 Å². The van der Waals surface area contributed by atoms with Crippen LogP contribution in [0, 0.1) is 0 Å². The number of anilines is 2. The molecule has 6 nitrogen and oxygen atoms in total. The molecule has 1 aromatic carbocycles. The Morgan fingerprint density at radius 2 is 2.12 bits per heavy atom. The van der Waals surface area contributed by atoms with E-state index in [4.69, 9.17) is 5.73 Å². The quantitative estimate of drug-likeness (QED) is 0.534. The second-order valence-corrected chi connectivity index (χ2v) is 6.66. The number of hydrogen-bond donors (Lipinski definition) is 4. The molecule has 0 aliphatic rings. The topological polar surface area (TPSA) is 100 Å². The van der Waals surface area contributed by atoms with Gasteiger partial charge in [-0.05, 0) is 48.2 Å². The number of phenolic OH excluding ortho intramolecular Hbond substituents is 1. The van der Waals surface area contributed by atoms with Crippen molar-refractivity contribution in [3.8, 4) is 5.75 Å². The number of nitrogens with zero attached hydrogens (tertiary/aromatic N) is 1. The smallest absolute Gasteiger partial charge is 0.255 e. The number of hydrogen-bond acceptors (Lipinski definition) is 6. The number of aromatic hydroxyl groups is 1. The number of carbonyl (C=O) groups excluding carboxylic acids is 1. The lowest BCUT2D eigenvalue weighted by atomic mass is 10.0. The third-order valence-electron chi connectivity index (χ3n) is 3.83. The summed E-state index contributed by atoms with van der Waals surface area (Å²) >= 11 is 1.53. The average molecular weight is 368 g/mol. The second-order valence-electron chi connectivity index (χ2n) is 5.68. The Morgan fingerprint density at radius 1 is 1.27 bits per heavy atom. The van der Waals surface area contributed by atoms with Crippen molar-refractivity contribution in [1.29, 1.82) is 0 Å². The first-order valence-electron chi connectivity index (χ1n) is 8.22. The lowest BCUT2D eigenvalue weighted by Gasteiger charge is -2.19. The molecule has 2 heterocycles. The van der Waals surface area contributed by atoms with Gasteiger partial charge in [0.05, 0.1) is 11.6 Å². The number of benzene rings is 1. The minimum atomic E-state index is -0.387. The number of nitrogen functional groups attached to an aromatic ring is 1. The number of aromatic nitrogens is 1. The number of nitrogens with two attached hydrogens (primary N) is 1. The zero-order valence-electron chi connectivity index (χ0n) is 14.3. The number of rotatable bonds is 6. The Bertz CT molecular complexity index is 896. The van der Waals surface area contributed by atoms with Crippen molar-refractivity contribution in [3.63, 3.8) is 0 Å². The molecule has 1 amide bonds. The van der Waals surface area contributed by atoms with E-state index in [0.717, 1.165) is 17.0 Å². The molecule has 1 atom stereocenters. The summed E-state index contributed by atoms with van der Waals surface area (Å²) in [5.41, 5.74) is 7.06. The highest BCUT2D eigenvalue weighted by molar-refractivity contribution is 7.10. The maximum atomic E-state index is 12.8. The summed E-state index contributed by atoms with van der Waals surface area (Å²) in [6, 6.07) is 13.7. The van der Waals surface area contributed by atoms with E-state index in [-0.39, 0.29) is 23.5 Å². The summed E-state index contributed by atoms with van der Waals surface area (Å²) in [5, 5.41) is 17.8. The number of nitrogens with one attached hydrogen (secondary N) is 2. The van der Waals surface area contributed by atoms with Gasteiger partial charge in [-0.15, -0.1) is 11.3 Å². The SMILES string of the molecule is CCNc1ccc(C(=O)NC(c2cccc(O)c2)c2cccs2)c(N)n1. The fraction of sp³-hybridized carbons (Fsp3) is 0.158. The number of carbonyl (C=O) groups is 1. The van der Waals surface area contributed by atoms with Crippen LogP contribution < -0.4 is 16.4 Å². The molecule has 0 aliphatic carbocycles. The van der Waals surface area contributed by atoms with Gasteiger partial charge in [-0.3, -0.25) is 4.79 Å². The standard InChI is InChI=1S/C19H20N4O2S/c1-2-21-16-9-8-14(18(20)22-16)19(25)23-17(15-7-4-10-26-15)12-5-3-6-13(24)11-12/h3-11,17,24H,2H2,1H3,(H,23,25)(H3,20,21,22). The molecule has 0 bridgehead atoms. The minimum Gasteiger partial charge on any atom is -0.508 e. The third kappa shape index (κ3) is 3.94. The molecule has 26 heavy (non-hydrogen) atoms. The molecule has 0 aliphatic heterocycles. The van der Waals surface area contributed by atoms with Crippen LogP contribution in [0.15, 0.2) is 53.9 Å². The highest BCUT2D eigenvalue weighted by Gasteiger charge is 2.21. The normalized spacial score (nSPS) is 11.7. The van der Waals surface area contributed by atoms with E-state index in [0.29, 0.717) is 11.4 Å². The van der Waals surface area contributed by atoms with Gasteiger partial charge in [0.1, 0.15) is 17.4 Å². The maximum Gasteiger partial charge on any atom is 0.255 e. The van der Waals surface area contributed by atoms with E-state index in [1.54, 1.807) is 30.3 Å². The summed E-state index contributed by atoms with van der Waals surface area (Å²) < 4.78 is 0. The Balaban J connectivity index is 1.89. The monoisotopic (exact) mass is 368 g/mol. The molecule has 1 unspecified atom stereocenters. The summed E-state index contributed by atoms with van der Waals surface area (Å²) in [4.78, 5) is 18.0. The summed E-state index contributed by atoms with van der Waals surface area (Å²) in [7, 11) is 0. The molecule has 3 rings (SSSR count). The number of amides is 1. The van der Waals surface area contributed by atoms with E-state index in [1.165, 1.54) is 11.3 Å². The van der Waals surface area contributed by atoms with Crippen LogP contribution in [0.2, 0.25) is 0 Å². The van der Waals surface area contributed by atoms with Crippen molar-refractivity contribution < 1.29 is 9.90 Å². The second kappa shape index (κ2) is 7.88. The van der Waals surface area contributed by atoms with E-state index in [9.17, 15) is 9.90 Å². The molecule has 3 aromatic rings. The molecule has 0 fully saturated rings. The predicted molar refractivity (Wildman–Crippen MR) is 105 cm³/mol. The largest absolute Gasteiger partial charge is 0.508 e. The van der Waals surface area contributed by atoms with Gasteiger partial charge in [-0.25, -0.2) is 4.98 Å². The van der Waals surface area contributed by atoms with Crippen molar-refractivity contribution in [2.24, 2.45) is 0 Å². The lowest BCUT2D eigenvalue weighted by Crippen LogP contribution is -2.29. The van der Waals surface area contributed by atoms with Gasteiger partial charge in [0.15, 0.2) is 0 Å². The zero-order chi connectivity index (χ0) is 18.5. The van der Waals surface area contributed by atoms with Crippen molar-refractivity contribution in [1.82, 2.24) is 10.3 Å². The molecule has 0 saturated carbocycles. The van der Waals surface area contributed by atoms with Gasteiger partial charge >= 0.3 is 0 Å². The van der Waals surface area contributed by atoms with E-state index in [1.807, 2.05) is 30.5 Å². The van der Waals surface area contributed by atoms with Crippen LogP contribution in [0.1, 0.15) is 33.8 Å². The van der Waals surface area contributed by atoms with E-state index in [2.05, 4.69) is 15.6 Å². The van der Waals surface area contributed by atoms with Crippen molar-refractivity contribution >= 4 is 28.9 Å². The van der Waals surface area contributed by atoms with Gasteiger partial charge < -0.3 is 21.5 Å². The maximum absolute atomic E-state index is 12.8. The summed E-state index contributed by atoms with van der Waals surface area (Å²) in [5.74, 6) is 0.625. The van der Waals surface area contributed by atoms with Crippen LogP contribution in [0.5, 0.6) is 5.75 Å². The van der Waals surface area contributed by atoms with E-state index >= 15 is 0 Å². The first-order valence-corrected chi connectivity index (χ1v) is 9.10. The van der Waals surface area contributed by atoms with Crippen LogP contribution in [-0.2, 0) is 0 Å². The number of phenols is 1. The molecule has 5 N–H and O–H groups in total. The van der Waals surface area contributed by atoms with Gasteiger partial charge in [0.25, 0.3) is 5.91 Å². The van der Waals surface area contributed by atoms with E-state index < -0.39 is 0 Å². The highest BCUT2D eigenvalue weighted by Crippen LogP contribution is 2.28. The number of pyridine rings is 1. The van der Waals surface area contributed by atoms with Gasteiger partial charge in [0.2, 0.25) is 0 Å². The molecular formula is C19H20N4O2S. The molecule has 2 aromatic heterocycles. The van der Waals surface area contributed by atoms with Crippen LogP contribution in [-0.4, -0.2) is 22.5 Å². The van der Waals surface area contributed by atoms with Crippen LogP contribution in [0.3, 0.4) is 0 Å². The Morgan fingerprint density at radius 3 is 2.77 bits per heavy atom. The van der Waals surface area contributed by atoms with Crippen molar-refractivity contribution in [3.05, 3.63) is 69.9 Å². The minimum absolute atomic E-state index is 0.148. The Hall–Kier alpha value is -3.06. The Labute approximate surface area is 155 Å². The molecular weight excluding hydrogens is 348 g/mol. The predicted octanol–water partition coefficient (Wildman–Crippen LogP) is 3.38. The first-order chi connectivity index (χ1) is 12.6. The van der Waals surface area contributed by atoms with Crippen LogP contribution >= 0.6 is 11.3 Å². The van der Waals surface area contributed by atoms with Crippen molar-refractivity contribution in [2.45, 2.75) is 13.0 Å². The number of thiophene rings is 1. The molecule has 0 radical (unpaired) electrons. The third-order valence-corrected chi connectivity index (χ3v) is 4.77. The van der Waals surface area contributed by atoms with Gasteiger partial charge in [-0.2, -0.15) is 0 Å². The summed E-state index contributed by atoms with van der Waals surface area (Å²) in [6.07, 6.45) is 0. The molecule has 134 valence electrons. The zero-order valence-corrected chi connectivity index (χ0v) is 15.1. The molecule has 0 saturated heterocycles. The fourth-order valence-corrected chi connectivity index (χ4v) is 3.44. The molecule has 0 spiro atoms. The van der Waals surface area contributed by atoms with Crippen LogP contribution in [0.4, 0.5) is 11.6 Å². The average Bonchev–Trinajstić information content (AvgIpc) is 3.14. The summed E-state index contributed by atoms with van der Waals surface area (Å²) in [6.45, 7) is 2.68.